The third-order valence-electron chi connectivity index (χ3n) is 3.92. The number of hydrogen-bond acceptors (Lipinski definition) is 3. The molecule has 2 aliphatic heterocycles. The van der Waals surface area contributed by atoms with E-state index in [1.165, 1.54) is 0 Å². The number of benzene rings is 1. The van der Waals surface area contributed by atoms with E-state index in [9.17, 15) is 9.59 Å². The molecule has 0 aliphatic carbocycles. The second-order valence-corrected chi connectivity index (χ2v) is 4.95. The first-order chi connectivity index (χ1) is 9.17. The van der Waals surface area contributed by atoms with E-state index >= 15 is 0 Å². The fraction of sp³-hybridized carbons (Fsp3) is 0.429. The lowest BCUT2D eigenvalue weighted by atomic mass is 9.81. The lowest BCUT2D eigenvalue weighted by Gasteiger charge is -2.22. The van der Waals surface area contributed by atoms with Crippen molar-refractivity contribution in [1.82, 2.24) is 4.90 Å². The van der Waals surface area contributed by atoms with Gasteiger partial charge < -0.3 is 15.0 Å². The fourth-order valence-corrected chi connectivity index (χ4v) is 2.96. The number of fused-ring (bicyclic) bond motifs is 2. The van der Waals surface area contributed by atoms with Crippen LogP contribution in [0.5, 0.6) is 0 Å². The summed E-state index contributed by atoms with van der Waals surface area (Å²) in [6.07, 6.45) is 0.311. The molecule has 2 amide bonds. The molecule has 19 heavy (non-hydrogen) atoms. The molecule has 1 spiro atoms. The Kier molecular flexibility index (Phi) is 2.69. The van der Waals surface area contributed by atoms with Crippen LogP contribution in [0, 0.1) is 0 Å². The zero-order valence-corrected chi connectivity index (χ0v) is 10.8. The number of likely N-dealkylation sites (tertiary alicyclic amines) is 1. The smallest absolute Gasteiger partial charge is 0.409 e. The third-order valence-corrected chi connectivity index (χ3v) is 3.92. The number of para-hydroxylation sites is 1. The van der Waals surface area contributed by atoms with Crippen molar-refractivity contribution in [1.29, 1.82) is 0 Å². The van der Waals surface area contributed by atoms with Crippen LogP contribution in [0.15, 0.2) is 24.3 Å². The SMILES string of the molecule is CCOC(=O)N1CC[C@]2(C1)C(=O)Nc1ccccc12. The van der Waals surface area contributed by atoms with E-state index in [2.05, 4.69) is 5.32 Å². The van der Waals surface area contributed by atoms with E-state index in [0.29, 0.717) is 26.1 Å². The van der Waals surface area contributed by atoms with Gasteiger partial charge in [-0.1, -0.05) is 18.2 Å². The van der Waals surface area contributed by atoms with Gasteiger partial charge in [0, 0.05) is 18.8 Å². The molecule has 1 fully saturated rings. The molecule has 2 heterocycles. The van der Waals surface area contributed by atoms with Crippen LogP contribution in [0.3, 0.4) is 0 Å². The molecular weight excluding hydrogens is 244 g/mol. The van der Waals surface area contributed by atoms with Gasteiger partial charge in [-0.05, 0) is 25.0 Å². The Labute approximate surface area is 111 Å². The normalized spacial score (nSPS) is 24.5. The molecule has 0 saturated carbocycles. The average Bonchev–Trinajstić information content (AvgIpc) is 2.96. The van der Waals surface area contributed by atoms with E-state index in [0.717, 1.165) is 11.3 Å². The minimum atomic E-state index is -0.594. The number of hydrogen-bond donors (Lipinski definition) is 1. The number of rotatable bonds is 1. The van der Waals surface area contributed by atoms with Crippen molar-refractivity contribution >= 4 is 17.7 Å². The second-order valence-electron chi connectivity index (χ2n) is 4.95. The van der Waals surface area contributed by atoms with Gasteiger partial charge >= 0.3 is 6.09 Å². The minimum Gasteiger partial charge on any atom is -0.450 e. The average molecular weight is 260 g/mol. The molecule has 1 saturated heterocycles. The number of carbonyl (C=O) groups is 2. The zero-order valence-electron chi connectivity index (χ0n) is 10.8. The van der Waals surface area contributed by atoms with Crippen LogP contribution in [0.25, 0.3) is 0 Å². The summed E-state index contributed by atoms with van der Waals surface area (Å²) in [4.78, 5) is 25.7. The van der Waals surface area contributed by atoms with Gasteiger partial charge in [-0.25, -0.2) is 4.79 Å². The molecule has 3 rings (SSSR count). The highest BCUT2D eigenvalue weighted by Crippen LogP contribution is 2.44. The van der Waals surface area contributed by atoms with Crippen molar-refractivity contribution in [3.8, 4) is 0 Å². The van der Waals surface area contributed by atoms with Crippen molar-refractivity contribution < 1.29 is 14.3 Å². The largest absolute Gasteiger partial charge is 0.450 e. The Morgan fingerprint density at radius 1 is 1.47 bits per heavy atom. The molecule has 0 bridgehead atoms. The van der Waals surface area contributed by atoms with Gasteiger partial charge in [0.1, 0.15) is 0 Å². The van der Waals surface area contributed by atoms with Crippen LogP contribution >= 0.6 is 0 Å². The second kappa shape index (κ2) is 4.26. The summed E-state index contributed by atoms with van der Waals surface area (Å²) in [6.45, 7) is 3.09. The highest BCUT2D eigenvalue weighted by atomic mass is 16.6. The van der Waals surface area contributed by atoms with Gasteiger partial charge in [0.15, 0.2) is 0 Å². The van der Waals surface area contributed by atoms with E-state index in [-0.39, 0.29) is 12.0 Å². The minimum absolute atomic E-state index is 0.0134. The summed E-state index contributed by atoms with van der Waals surface area (Å²) in [5.41, 5.74) is 1.26. The van der Waals surface area contributed by atoms with Crippen LogP contribution in [0.2, 0.25) is 0 Å². The standard InChI is InChI=1S/C14H16N2O3/c1-2-19-13(18)16-8-7-14(9-16)10-5-3-4-6-11(10)15-12(14)17/h3-6H,2,7-9H2,1H3,(H,15,17)/t14-/m1/s1. The van der Waals surface area contributed by atoms with Gasteiger partial charge in [0.25, 0.3) is 0 Å². The van der Waals surface area contributed by atoms with Gasteiger partial charge in [0.05, 0.1) is 12.0 Å². The Bertz CT molecular complexity index is 543. The first kappa shape index (κ1) is 12.0. The maximum Gasteiger partial charge on any atom is 0.409 e. The Morgan fingerprint density at radius 3 is 3.05 bits per heavy atom. The van der Waals surface area contributed by atoms with E-state index in [1.54, 1.807) is 11.8 Å². The van der Waals surface area contributed by atoms with Crippen LogP contribution in [0.4, 0.5) is 10.5 Å². The number of nitrogens with zero attached hydrogens (tertiary/aromatic N) is 1. The number of nitrogens with one attached hydrogen (secondary N) is 1. The zero-order chi connectivity index (χ0) is 13.5. The van der Waals surface area contributed by atoms with Crippen LogP contribution in [0.1, 0.15) is 18.9 Å². The van der Waals surface area contributed by atoms with E-state index < -0.39 is 5.41 Å². The van der Waals surface area contributed by atoms with Crippen molar-refractivity contribution in [2.45, 2.75) is 18.8 Å². The molecule has 1 N–H and O–H groups in total. The Balaban J connectivity index is 1.90. The summed E-state index contributed by atoms with van der Waals surface area (Å²) in [6, 6.07) is 7.68. The summed E-state index contributed by atoms with van der Waals surface area (Å²) < 4.78 is 5.01. The van der Waals surface area contributed by atoms with Gasteiger partial charge in [-0.15, -0.1) is 0 Å². The van der Waals surface area contributed by atoms with Crippen molar-refractivity contribution in [2.75, 3.05) is 25.0 Å². The van der Waals surface area contributed by atoms with Crippen molar-refractivity contribution in [2.24, 2.45) is 0 Å². The summed E-state index contributed by atoms with van der Waals surface area (Å²) in [5.74, 6) is -0.0134. The topological polar surface area (TPSA) is 58.6 Å². The van der Waals surface area contributed by atoms with Crippen LogP contribution in [-0.4, -0.2) is 36.6 Å². The van der Waals surface area contributed by atoms with Crippen molar-refractivity contribution in [3.05, 3.63) is 29.8 Å². The number of anilines is 1. The highest BCUT2D eigenvalue weighted by Gasteiger charge is 2.52. The summed E-state index contributed by atoms with van der Waals surface area (Å²) in [5, 5.41) is 2.90. The molecule has 2 aliphatic rings. The van der Waals surface area contributed by atoms with Crippen molar-refractivity contribution in [3.63, 3.8) is 0 Å². The maximum absolute atomic E-state index is 12.3. The molecule has 0 aromatic heterocycles. The van der Waals surface area contributed by atoms with E-state index in [4.69, 9.17) is 4.74 Å². The molecule has 1 aromatic carbocycles. The predicted octanol–water partition coefficient (Wildman–Crippen LogP) is 1.74. The molecular formula is C14H16N2O3. The molecule has 1 aromatic rings. The van der Waals surface area contributed by atoms with Gasteiger partial charge in [0.2, 0.25) is 5.91 Å². The van der Waals surface area contributed by atoms with Crippen LogP contribution < -0.4 is 5.32 Å². The first-order valence-electron chi connectivity index (χ1n) is 6.50. The van der Waals surface area contributed by atoms with Gasteiger partial charge in [-0.3, -0.25) is 4.79 Å². The highest BCUT2D eigenvalue weighted by molar-refractivity contribution is 6.07. The summed E-state index contributed by atoms with van der Waals surface area (Å²) in [7, 11) is 0. The molecule has 100 valence electrons. The molecule has 0 unspecified atom stereocenters. The lowest BCUT2D eigenvalue weighted by molar-refractivity contribution is -0.120. The third kappa shape index (κ3) is 1.69. The monoisotopic (exact) mass is 260 g/mol. The molecule has 0 radical (unpaired) electrons. The fourth-order valence-electron chi connectivity index (χ4n) is 2.96. The number of amides is 2. The number of ether oxygens (including phenoxy) is 1. The molecule has 5 heteroatoms. The molecule has 5 nitrogen and oxygen atoms in total. The van der Waals surface area contributed by atoms with Crippen LogP contribution in [-0.2, 0) is 14.9 Å². The lowest BCUT2D eigenvalue weighted by Crippen LogP contribution is -2.39. The Hall–Kier alpha value is -2.04. The summed E-state index contributed by atoms with van der Waals surface area (Å²) >= 11 is 0. The number of carbonyl (C=O) groups excluding carboxylic acids is 2. The Morgan fingerprint density at radius 2 is 2.26 bits per heavy atom. The van der Waals surface area contributed by atoms with E-state index in [1.807, 2.05) is 24.3 Å². The predicted molar refractivity (Wildman–Crippen MR) is 70.0 cm³/mol. The molecule has 1 atom stereocenters. The maximum atomic E-state index is 12.3. The first-order valence-corrected chi connectivity index (χ1v) is 6.50. The van der Waals surface area contributed by atoms with Gasteiger partial charge in [-0.2, -0.15) is 0 Å². The quantitative estimate of drug-likeness (QED) is 0.836.